The van der Waals surface area contributed by atoms with Gasteiger partial charge in [-0.05, 0) is 45.5 Å². The predicted octanol–water partition coefficient (Wildman–Crippen LogP) is 1.24. The van der Waals surface area contributed by atoms with Crippen LogP contribution in [0.25, 0.3) is 0 Å². The third-order valence-corrected chi connectivity index (χ3v) is 5.30. The summed E-state index contributed by atoms with van der Waals surface area (Å²) in [6, 6.07) is 0. The van der Waals surface area contributed by atoms with Gasteiger partial charge in [-0.1, -0.05) is 12.2 Å². The number of piperidine rings is 1. The number of nitrogens with zero attached hydrogens (tertiary/aromatic N) is 1. The molecular formula is C11H22N2OS2. The van der Waals surface area contributed by atoms with Crippen LogP contribution in [0.3, 0.4) is 0 Å². The van der Waals surface area contributed by atoms with E-state index >= 15 is 0 Å². The molecule has 0 aromatic heterocycles. The number of nitrogens with two attached hydrogens (primary N) is 1. The molecule has 0 spiro atoms. The molecule has 1 aliphatic rings. The Morgan fingerprint density at radius 3 is 2.50 bits per heavy atom. The maximum absolute atomic E-state index is 9.25. The van der Waals surface area contributed by atoms with Crippen molar-refractivity contribution >= 4 is 29.0 Å². The number of likely N-dealkylation sites (tertiary alicyclic amines) is 1. The highest BCUT2D eigenvalue weighted by Crippen LogP contribution is 2.34. The minimum atomic E-state index is -0.206. The van der Waals surface area contributed by atoms with E-state index in [0.717, 1.165) is 38.9 Å². The quantitative estimate of drug-likeness (QED) is 0.730. The lowest BCUT2D eigenvalue weighted by atomic mass is 9.95. The molecule has 1 heterocycles. The topological polar surface area (TPSA) is 49.5 Å². The molecule has 0 saturated carbocycles. The monoisotopic (exact) mass is 262 g/mol. The molecule has 1 atom stereocenters. The summed E-state index contributed by atoms with van der Waals surface area (Å²) in [4.78, 5) is 3.04. The standard InChI is InChI=1S/C11H22N2OS2/c1-9(14)3-6-13-7-4-11(16-2,5-8-13)10(12)15/h9,14H,3-8H2,1-2H3,(H2,12,15). The Bertz CT molecular complexity index is 238. The zero-order valence-electron chi connectivity index (χ0n) is 10.1. The molecule has 0 radical (unpaired) electrons. The van der Waals surface area contributed by atoms with E-state index in [9.17, 15) is 5.11 Å². The summed E-state index contributed by atoms with van der Waals surface area (Å²) in [6.07, 6.45) is 4.79. The van der Waals surface area contributed by atoms with Crippen molar-refractivity contribution < 1.29 is 5.11 Å². The Labute approximate surface area is 108 Å². The fourth-order valence-corrected chi connectivity index (χ4v) is 3.30. The third-order valence-electron chi connectivity index (χ3n) is 3.37. The fraction of sp³-hybridized carbons (Fsp3) is 0.909. The highest BCUT2D eigenvalue weighted by molar-refractivity contribution is 8.01. The minimum absolute atomic E-state index is 0.0106. The zero-order chi connectivity index (χ0) is 12.2. The normalized spacial score (nSPS) is 22.9. The molecule has 1 fully saturated rings. The molecule has 3 N–H and O–H groups in total. The van der Waals surface area contributed by atoms with E-state index in [1.54, 1.807) is 11.8 Å². The molecular weight excluding hydrogens is 240 g/mol. The van der Waals surface area contributed by atoms with Crippen LogP contribution in [0.4, 0.5) is 0 Å². The minimum Gasteiger partial charge on any atom is -0.393 e. The van der Waals surface area contributed by atoms with E-state index in [1.807, 2.05) is 6.92 Å². The van der Waals surface area contributed by atoms with Gasteiger partial charge in [-0.15, -0.1) is 0 Å². The van der Waals surface area contributed by atoms with Crippen LogP contribution in [-0.4, -0.2) is 51.7 Å². The lowest BCUT2D eigenvalue weighted by molar-refractivity contribution is 0.144. The van der Waals surface area contributed by atoms with Crippen molar-refractivity contribution in [3.05, 3.63) is 0 Å². The van der Waals surface area contributed by atoms with Crippen molar-refractivity contribution in [1.82, 2.24) is 4.90 Å². The first-order valence-electron chi connectivity index (χ1n) is 5.75. The van der Waals surface area contributed by atoms with Gasteiger partial charge in [-0.25, -0.2) is 0 Å². The van der Waals surface area contributed by atoms with Crippen molar-refractivity contribution in [2.75, 3.05) is 25.9 Å². The molecule has 5 heteroatoms. The van der Waals surface area contributed by atoms with E-state index in [0.29, 0.717) is 4.99 Å². The Morgan fingerprint density at radius 2 is 2.12 bits per heavy atom. The van der Waals surface area contributed by atoms with Gasteiger partial charge in [0.05, 0.1) is 15.8 Å². The summed E-state index contributed by atoms with van der Waals surface area (Å²) in [6.45, 7) is 4.88. The van der Waals surface area contributed by atoms with Crippen LogP contribution in [0.2, 0.25) is 0 Å². The Morgan fingerprint density at radius 1 is 1.56 bits per heavy atom. The number of aliphatic hydroxyl groups excluding tert-OH is 1. The smallest absolute Gasteiger partial charge is 0.0891 e. The summed E-state index contributed by atoms with van der Waals surface area (Å²) in [5, 5.41) is 9.25. The maximum Gasteiger partial charge on any atom is 0.0891 e. The van der Waals surface area contributed by atoms with Gasteiger partial charge in [0.15, 0.2) is 0 Å². The molecule has 3 nitrogen and oxygen atoms in total. The molecule has 1 rings (SSSR count). The first-order chi connectivity index (χ1) is 7.50. The molecule has 0 aromatic carbocycles. The Kier molecular flexibility index (Phi) is 5.50. The Hall–Kier alpha value is 0.160. The van der Waals surface area contributed by atoms with E-state index in [1.165, 1.54) is 0 Å². The van der Waals surface area contributed by atoms with E-state index < -0.39 is 0 Å². The van der Waals surface area contributed by atoms with Gasteiger partial charge in [0.2, 0.25) is 0 Å². The summed E-state index contributed by atoms with van der Waals surface area (Å²) in [7, 11) is 0. The summed E-state index contributed by atoms with van der Waals surface area (Å²) in [5.41, 5.74) is 5.83. The lowest BCUT2D eigenvalue weighted by Crippen LogP contribution is -2.49. The van der Waals surface area contributed by atoms with Gasteiger partial charge in [0.25, 0.3) is 0 Å². The van der Waals surface area contributed by atoms with Crippen molar-refractivity contribution in [2.45, 2.75) is 37.0 Å². The number of rotatable bonds is 5. The molecule has 0 aromatic rings. The van der Waals surface area contributed by atoms with Gasteiger partial charge in [-0.2, -0.15) is 11.8 Å². The lowest BCUT2D eigenvalue weighted by Gasteiger charge is -2.40. The van der Waals surface area contributed by atoms with Gasteiger partial charge in [0.1, 0.15) is 0 Å². The van der Waals surface area contributed by atoms with E-state index in [4.69, 9.17) is 18.0 Å². The average molecular weight is 262 g/mol. The van der Waals surface area contributed by atoms with Crippen molar-refractivity contribution in [3.8, 4) is 0 Å². The van der Waals surface area contributed by atoms with Gasteiger partial charge in [-0.3, -0.25) is 0 Å². The summed E-state index contributed by atoms with van der Waals surface area (Å²) >= 11 is 6.96. The number of thioether (sulfide) groups is 1. The van der Waals surface area contributed by atoms with Crippen LogP contribution < -0.4 is 5.73 Å². The summed E-state index contributed by atoms with van der Waals surface area (Å²) < 4.78 is 0.0106. The van der Waals surface area contributed by atoms with Crippen LogP contribution in [0, 0.1) is 0 Å². The van der Waals surface area contributed by atoms with Crippen LogP contribution in [-0.2, 0) is 0 Å². The second-order valence-electron chi connectivity index (χ2n) is 4.54. The van der Waals surface area contributed by atoms with Crippen LogP contribution in [0.5, 0.6) is 0 Å². The number of thiocarbonyl (C=S) groups is 1. The first kappa shape index (κ1) is 14.2. The highest BCUT2D eigenvalue weighted by Gasteiger charge is 2.36. The summed E-state index contributed by atoms with van der Waals surface area (Å²) in [5.74, 6) is 0. The molecule has 1 saturated heterocycles. The number of aliphatic hydroxyl groups is 1. The molecule has 94 valence electrons. The van der Waals surface area contributed by atoms with Gasteiger partial charge < -0.3 is 15.7 Å². The zero-order valence-corrected chi connectivity index (χ0v) is 11.7. The Balaban J connectivity index is 2.40. The number of hydrogen-bond acceptors (Lipinski definition) is 4. The first-order valence-corrected chi connectivity index (χ1v) is 7.39. The molecule has 0 bridgehead atoms. The van der Waals surface area contributed by atoms with Crippen LogP contribution in [0.15, 0.2) is 0 Å². The van der Waals surface area contributed by atoms with E-state index in [-0.39, 0.29) is 10.9 Å². The van der Waals surface area contributed by atoms with E-state index in [2.05, 4.69) is 11.2 Å². The van der Waals surface area contributed by atoms with Crippen LogP contribution >= 0.6 is 24.0 Å². The molecule has 0 aliphatic carbocycles. The molecule has 1 aliphatic heterocycles. The third kappa shape index (κ3) is 3.58. The van der Waals surface area contributed by atoms with Gasteiger partial charge >= 0.3 is 0 Å². The predicted molar refractivity (Wildman–Crippen MR) is 75.0 cm³/mol. The fourth-order valence-electron chi connectivity index (χ4n) is 2.06. The molecule has 1 unspecified atom stereocenters. The van der Waals surface area contributed by atoms with Crippen LogP contribution in [0.1, 0.15) is 26.2 Å². The highest BCUT2D eigenvalue weighted by atomic mass is 32.2. The SMILES string of the molecule is CSC1(C(N)=S)CCN(CCC(C)O)CC1. The van der Waals surface area contributed by atoms with Crippen molar-refractivity contribution in [3.63, 3.8) is 0 Å². The van der Waals surface area contributed by atoms with Crippen molar-refractivity contribution in [2.24, 2.45) is 5.73 Å². The van der Waals surface area contributed by atoms with Crippen molar-refractivity contribution in [1.29, 1.82) is 0 Å². The average Bonchev–Trinajstić information content (AvgIpc) is 2.26. The molecule has 0 amide bonds. The largest absolute Gasteiger partial charge is 0.393 e. The molecule has 16 heavy (non-hydrogen) atoms. The maximum atomic E-state index is 9.25. The second-order valence-corrected chi connectivity index (χ2v) is 6.17. The number of hydrogen-bond donors (Lipinski definition) is 2. The van der Waals surface area contributed by atoms with Gasteiger partial charge in [0, 0.05) is 6.54 Å². The second kappa shape index (κ2) is 6.19.